The number of carbonyl (C=O) groups excluding carboxylic acids is 1. The van der Waals surface area contributed by atoms with Crippen LogP contribution in [0.5, 0.6) is 0 Å². The summed E-state index contributed by atoms with van der Waals surface area (Å²) < 4.78 is 6.63. The molecule has 0 fully saturated rings. The summed E-state index contributed by atoms with van der Waals surface area (Å²) >= 11 is 6.02. The predicted molar refractivity (Wildman–Crippen MR) is 76.1 cm³/mol. The molecule has 0 saturated heterocycles. The summed E-state index contributed by atoms with van der Waals surface area (Å²) in [5.74, 6) is -0.248. The van der Waals surface area contributed by atoms with Crippen LogP contribution in [0.3, 0.4) is 0 Å². The molecular weight excluding hydrogens is 280 g/mol. The zero-order valence-corrected chi connectivity index (χ0v) is 12.0. The molecule has 0 bridgehead atoms. The average molecular weight is 295 g/mol. The van der Waals surface area contributed by atoms with Gasteiger partial charge in [0, 0.05) is 13.3 Å². The number of halogens is 1. The molecule has 2 heterocycles. The van der Waals surface area contributed by atoms with Gasteiger partial charge >= 0.3 is 0 Å². The maximum absolute atomic E-state index is 11.9. The molecule has 1 amide bonds. The van der Waals surface area contributed by atoms with Gasteiger partial charge in [0.15, 0.2) is 5.15 Å². The second-order valence-electron chi connectivity index (χ2n) is 4.11. The van der Waals surface area contributed by atoms with Crippen molar-refractivity contribution in [1.29, 1.82) is 0 Å². The Morgan fingerprint density at radius 2 is 2.40 bits per heavy atom. The van der Waals surface area contributed by atoms with Crippen LogP contribution in [-0.2, 0) is 9.53 Å². The number of ether oxygens (including phenoxy) is 1. The van der Waals surface area contributed by atoms with E-state index in [9.17, 15) is 4.79 Å². The molecule has 20 heavy (non-hydrogen) atoms. The molecule has 0 radical (unpaired) electrons. The topological polar surface area (TPSA) is 69.0 Å². The van der Waals surface area contributed by atoms with Gasteiger partial charge in [-0.1, -0.05) is 18.5 Å². The number of aromatic nitrogens is 3. The summed E-state index contributed by atoms with van der Waals surface area (Å²) in [6.07, 6.45) is 5.03. The smallest absolute Gasteiger partial charge is 0.253 e. The third-order valence-corrected chi connectivity index (χ3v) is 3.06. The summed E-state index contributed by atoms with van der Waals surface area (Å²) in [6.45, 7) is 1.87. The first kappa shape index (κ1) is 14.5. The molecule has 0 aromatic carbocycles. The highest BCUT2D eigenvalue weighted by Gasteiger charge is 2.18. The predicted octanol–water partition coefficient (Wildman–Crippen LogP) is 2.28. The van der Waals surface area contributed by atoms with Gasteiger partial charge in [0.05, 0.1) is 23.8 Å². The lowest BCUT2D eigenvalue weighted by Crippen LogP contribution is -2.28. The SMILES string of the molecule is CCC(OC)C(=O)Nc1cn(-c2cccnc2)nc1Cl. The molecule has 1 N–H and O–H groups in total. The number of hydrogen-bond donors (Lipinski definition) is 1. The number of nitrogens with zero attached hydrogens (tertiary/aromatic N) is 3. The van der Waals surface area contributed by atoms with Crippen LogP contribution in [0.15, 0.2) is 30.7 Å². The summed E-state index contributed by atoms with van der Waals surface area (Å²) in [5, 5.41) is 7.05. The summed E-state index contributed by atoms with van der Waals surface area (Å²) in [6, 6.07) is 3.63. The zero-order chi connectivity index (χ0) is 14.5. The molecule has 2 aromatic rings. The average Bonchev–Trinajstić information content (AvgIpc) is 2.82. The second kappa shape index (κ2) is 6.49. The first-order valence-corrected chi connectivity index (χ1v) is 6.52. The third-order valence-electron chi connectivity index (χ3n) is 2.79. The maximum Gasteiger partial charge on any atom is 0.253 e. The number of anilines is 1. The van der Waals surface area contributed by atoms with Crippen molar-refractivity contribution in [3.05, 3.63) is 35.9 Å². The Kier molecular flexibility index (Phi) is 4.70. The van der Waals surface area contributed by atoms with Gasteiger partial charge in [-0.2, -0.15) is 5.10 Å². The molecule has 0 aliphatic rings. The fourth-order valence-electron chi connectivity index (χ4n) is 1.73. The van der Waals surface area contributed by atoms with Crippen LogP contribution in [0.2, 0.25) is 5.15 Å². The number of carbonyl (C=O) groups is 1. The van der Waals surface area contributed by atoms with E-state index in [-0.39, 0.29) is 11.1 Å². The number of methoxy groups -OCH3 is 1. The molecule has 0 aliphatic heterocycles. The van der Waals surface area contributed by atoms with Crippen molar-refractivity contribution < 1.29 is 9.53 Å². The normalized spacial score (nSPS) is 12.2. The van der Waals surface area contributed by atoms with Gasteiger partial charge in [-0.25, -0.2) is 4.68 Å². The Balaban J connectivity index is 2.18. The molecule has 106 valence electrons. The fraction of sp³-hybridized carbons (Fsp3) is 0.308. The number of nitrogens with one attached hydrogen (secondary N) is 1. The Labute approximate surface area is 121 Å². The Hall–Kier alpha value is -1.92. The molecular formula is C13H15ClN4O2. The van der Waals surface area contributed by atoms with Gasteiger partial charge in [-0.3, -0.25) is 9.78 Å². The minimum atomic E-state index is -0.507. The Bertz CT molecular complexity index is 581. The fourth-order valence-corrected chi connectivity index (χ4v) is 1.91. The van der Waals surface area contributed by atoms with Gasteiger partial charge < -0.3 is 10.1 Å². The van der Waals surface area contributed by atoms with Crippen molar-refractivity contribution in [2.24, 2.45) is 0 Å². The minimum absolute atomic E-state index is 0.216. The van der Waals surface area contributed by atoms with Crippen molar-refractivity contribution in [3.8, 4) is 5.69 Å². The molecule has 0 aliphatic carbocycles. The van der Waals surface area contributed by atoms with Gasteiger partial charge in [0.1, 0.15) is 6.10 Å². The largest absolute Gasteiger partial charge is 0.372 e. The number of hydrogen-bond acceptors (Lipinski definition) is 4. The highest BCUT2D eigenvalue weighted by atomic mass is 35.5. The van der Waals surface area contributed by atoms with E-state index in [0.29, 0.717) is 12.1 Å². The summed E-state index contributed by atoms with van der Waals surface area (Å²) in [5.41, 5.74) is 1.20. The standard InChI is InChI=1S/C13H15ClN4O2/c1-3-11(20-2)13(19)16-10-8-18(17-12(10)14)9-5-4-6-15-7-9/h4-8,11H,3H2,1-2H3,(H,16,19). The zero-order valence-electron chi connectivity index (χ0n) is 11.2. The highest BCUT2D eigenvalue weighted by Crippen LogP contribution is 2.22. The van der Waals surface area contributed by atoms with Crippen molar-refractivity contribution in [1.82, 2.24) is 14.8 Å². The maximum atomic E-state index is 11.9. The summed E-state index contributed by atoms with van der Waals surface area (Å²) in [4.78, 5) is 15.9. The van der Waals surface area contributed by atoms with Gasteiger partial charge in [0.2, 0.25) is 0 Å². The van der Waals surface area contributed by atoms with Crippen molar-refractivity contribution in [2.45, 2.75) is 19.4 Å². The summed E-state index contributed by atoms with van der Waals surface area (Å²) in [7, 11) is 1.49. The van der Waals surface area contributed by atoms with E-state index in [1.54, 1.807) is 29.3 Å². The first-order chi connectivity index (χ1) is 9.65. The van der Waals surface area contributed by atoms with Crippen LogP contribution in [-0.4, -0.2) is 33.9 Å². The van der Waals surface area contributed by atoms with Gasteiger partial charge in [-0.05, 0) is 18.6 Å². The van der Waals surface area contributed by atoms with E-state index in [2.05, 4.69) is 15.4 Å². The third kappa shape index (κ3) is 3.15. The molecule has 0 saturated carbocycles. The number of pyridine rings is 1. The van der Waals surface area contributed by atoms with Crippen molar-refractivity contribution in [3.63, 3.8) is 0 Å². The van der Waals surface area contributed by atoms with Crippen molar-refractivity contribution >= 4 is 23.2 Å². The van der Waals surface area contributed by atoms with Crippen LogP contribution < -0.4 is 5.32 Å². The lowest BCUT2D eigenvalue weighted by atomic mass is 10.2. The molecule has 1 unspecified atom stereocenters. The number of rotatable bonds is 5. The highest BCUT2D eigenvalue weighted by molar-refractivity contribution is 6.32. The van der Waals surface area contributed by atoms with Crippen LogP contribution in [0.25, 0.3) is 5.69 Å². The minimum Gasteiger partial charge on any atom is -0.372 e. The molecule has 1 atom stereocenters. The van der Waals surface area contributed by atoms with Crippen LogP contribution in [0.1, 0.15) is 13.3 Å². The van der Waals surface area contributed by atoms with Gasteiger partial charge in [-0.15, -0.1) is 0 Å². The van der Waals surface area contributed by atoms with Crippen LogP contribution >= 0.6 is 11.6 Å². The Morgan fingerprint density at radius 1 is 1.60 bits per heavy atom. The van der Waals surface area contributed by atoms with E-state index >= 15 is 0 Å². The molecule has 6 nitrogen and oxygen atoms in total. The van der Waals surface area contributed by atoms with Crippen LogP contribution in [0, 0.1) is 0 Å². The van der Waals surface area contributed by atoms with Crippen molar-refractivity contribution in [2.75, 3.05) is 12.4 Å². The molecule has 2 rings (SSSR count). The molecule has 2 aromatic heterocycles. The quantitative estimate of drug-likeness (QED) is 0.918. The van der Waals surface area contributed by atoms with Gasteiger partial charge in [0.25, 0.3) is 5.91 Å². The first-order valence-electron chi connectivity index (χ1n) is 6.15. The molecule has 0 spiro atoms. The monoisotopic (exact) mass is 294 g/mol. The number of amides is 1. The Morgan fingerprint density at radius 3 is 3.00 bits per heavy atom. The lowest BCUT2D eigenvalue weighted by molar-refractivity contribution is -0.125. The van der Waals surface area contributed by atoms with E-state index in [1.807, 2.05) is 13.0 Å². The van der Waals surface area contributed by atoms with E-state index < -0.39 is 6.10 Å². The van der Waals surface area contributed by atoms with E-state index in [1.165, 1.54) is 7.11 Å². The van der Waals surface area contributed by atoms with E-state index in [4.69, 9.17) is 16.3 Å². The van der Waals surface area contributed by atoms with E-state index in [0.717, 1.165) is 5.69 Å². The second-order valence-corrected chi connectivity index (χ2v) is 4.47. The lowest BCUT2D eigenvalue weighted by Gasteiger charge is -2.11. The molecule has 7 heteroatoms. The van der Waals surface area contributed by atoms with Crippen LogP contribution in [0.4, 0.5) is 5.69 Å².